The average molecular weight is 345 g/mol. The van der Waals surface area contributed by atoms with E-state index in [1.807, 2.05) is 21.9 Å². The van der Waals surface area contributed by atoms with Gasteiger partial charge in [0.1, 0.15) is 0 Å². The van der Waals surface area contributed by atoms with Crippen molar-refractivity contribution in [3.63, 3.8) is 0 Å². The second-order valence-electron chi connectivity index (χ2n) is 6.81. The Morgan fingerprint density at radius 1 is 1.36 bits per heavy atom. The maximum absolute atomic E-state index is 12.9. The second kappa shape index (κ2) is 8.94. The van der Waals surface area contributed by atoms with E-state index >= 15 is 0 Å². The molecule has 3 rings (SSSR count). The van der Waals surface area contributed by atoms with E-state index in [1.54, 1.807) is 12.4 Å². The first-order valence-corrected chi connectivity index (χ1v) is 9.28. The zero-order valence-corrected chi connectivity index (χ0v) is 14.7. The van der Waals surface area contributed by atoms with Gasteiger partial charge in [0.2, 0.25) is 11.8 Å². The van der Waals surface area contributed by atoms with Crippen molar-refractivity contribution in [1.29, 1.82) is 0 Å². The van der Waals surface area contributed by atoms with Crippen molar-refractivity contribution in [3.05, 3.63) is 30.1 Å². The highest BCUT2D eigenvalue weighted by atomic mass is 16.5. The van der Waals surface area contributed by atoms with Gasteiger partial charge in [0, 0.05) is 57.7 Å². The summed E-state index contributed by atoms with van der Waals surface area (Å²) in [5.74, 6) is 0.395. The maximum atomic E-state index is 12.9. The molecule has 0 aliphatic carbocycles. The first kappa shape index (κ1) is 17.9. The molecule has 25 heavy (non-hydrogen) atoms. The Bertz CT molecular complexity index is 573. The zero-order valence-electron chi connectivity index (χ0n) is 14.7. The number of amides is 2. The minimum absolute atomic E-state index is 0.146. The lowest BCUT2D eigenvalue weighted by atomic mass is 10.0. The molecule has 1 aromatic rings. The number of carbonyl (C=O) groups excluding carboxylic acids is 2. The summed E-state index contributed by atoms with van der Waals surface area (Å²) in [5.41, 5.74) is 0.944. The predicted molar refractivity (Wildman–Crippen MR) is 93.9 cm³/mol. The van der Waals surface area contributed by atoms with E-state index in [-0.39, 0.29) is 17.9 Å². The van der Waals surface area contributed by atoms with E-state index in [0.29, 0.717) is 32.6 Å². The number of ether oxygens (including phenoxy) is 1. The summed E-state index contributed by atoms with van der Waals surface area (Å²) in [5, 5.41) is 0. The Balaban J connectivity index is 1.58. The van der Waals surface area contributed by atoms with Gasteiger partial charge in [-0.25, -0.2) is 0 Å². The molecular formula is C19H27N3O3. The first-order valence-electron chi connectivity index (χ1n) is 9.28. The molecule has 0 atom stereocenters. The molecule has 2 fully saturated rings. The first-order chi connectivity index (χ1) is 12.2. The van der Waals surface area contributed by atoms with Gasteiger partial charge in [-0.1, -0.05) is 6.07 Å². The van der Waals surface area contributed by atoms with Crippen LogP contribution in [0.2, 0.25) is 0 Å². The average Bonchev–Trinajstić information content (AvgIpc) is 3.05. The molecule has 6 nitrogen and oxygen atoms in total. The van der Waals surface area contributed by atoms with Crippen LogP contribution in [0.3, 0.4) is 0 Å². The van der Waals surface area contributed by atoms with Gasteiger partial charge in [-0.2, -0.15) is 0 Å². The molecule has 0 spiro atoms. The van der Waals surface area contributed by atoms with Gasteiger partial charge in [0.15, 0.2) is 0 Å². The summed E-state index contributed by atoms with van der Waals surface area (Å²) in [4.78, 5) is 32.7. The maximum Gasteiger partial charge on any atom is 0.227 e. The van der Waals surface area contributed by atoms with Gasteiger partial charge < -0.3 is 14.5 Å². The largest absolute Gasteiger partial charge is 0.381 e. The molecule has 0 N–H and O–H groups in total. The molecule has 6 heteroatoms. The molecule has 2 amide bonds. The van der Waals surface area contributed by atoms with Gasteiger partial charge in [0.25, 0.3) is 0 Å². The number of nitrogens with zero attached hydrogens (tertiary/aromatic N) is 3. The highest BCUT2D eigenvalue weighted by molar-refractivity contribution is 5.79. The molecule has 0 bridgehead atoms. The predicted octanol–water partition coefficient (Wildman–Crippen LogP) is 1.64. The summed E-state index contributed by atoms with van der Waals surface area (Å²) in [6.07, 6.45) is 8.10. The van der Waals surface area contributed by atoms with Gasteiger partial charge in [-0.3, -0.25) is 14.6 Å². The quantitative estimate of drug-likeness (QED) is 0.754. The topological polar surface area (TPSA) is 62.7 Å². The highest BCUT2D eigenvalue weighted by Crippen LogP contribution is 2.17. The van der Waals surface area contributed by atoms with Crippen LogP contribution in [0.1, 0.15) is 37.7 Å². The lowest BCUT2D eigenvalue weighted by molar-refractivity contribution is -0.134. The van der Waals surface area contributed by atoms with Gasteiger partial charge in [-0.05, 0) is 37.3 Å². The third-order valence-electron chi connectivity index (χ3n) is 5.03. The Labute approximate surface area is 149 Å². The zero-order chi connectivity index (χ0) is 17.5. The molecular weight excluding hydrogens is 318 g/mol. The highest BCUT2D eigenvalue weighted by Gasteiger charge is 2.26. The van der Waals surface area contributed by atoms with E-state index in [1.165, 1.54) is 0 Å². The molecule has 0 radical (unpaired) electrons. The number of hydrogen-bond acceptors (Lipinski definition) is 4. The van der Waals surface area contributed by atoms with Crippen molar-refractivity contribution in [2.24, 2.45) is 0 Å². The molecule has 3 heterocycles. The monoisotopic (exact) mass is 345 g/mol. The Hall–Kier alpha value is -1.95. The van der Waals surface area contributed by atoms with Crippen LogP contribution in [-0.4, -0.2) is 65.5 Å². The molecule has 0 saturated carbocycles. The Kier molecular flexibility index (Phi) is 6.39. The molecule has 0 aromatic carbocycles. The van der Waals surface area contributed by atoms with E-state index < -0.39 is 0 Å². The fraction of sp³-hybridized carbons (Fsp3) is 0.632. The molecule has 2 aliphatic heterocycles. The number of pyridine rings is 1. The fourth-order valence-electron chi connectivity index (χ4n) is 3.66. The summed E-state index contributed by atoms with van der Waals surface area (Å²) in [7, 11) is 0. The summed E-state index contributed by atoms with van der Waals surface area (Å²) < 4.78 is 5.45. The minimum atomic E-state index is 0.146. The van der Waals surface area contributed by atoms with Crippen molar-refractivity contribution >= 4 is 11.8 Å². The molecule has 136 valence electrons. The van der Waals surface area contributed by atoms with E-state index in [0.717, 1.165) is 44.3 Å². The van der Waals surface area contributed by atoms with Crippen LogP contribution in [0, 0.1) is 0 Å². The van der Waals surface area contributed by atoms with Crippen molar-refractivity contribution in [1.82, 2.24) is 14.8 Å². The van der Waals surface area contributed by atoms with E-state index in [4.69, 9.17) is 4.74 Å². The van der Waals surface area contributed by atoms with Crippen LogP contribution >= 0.6 is 0 Å². The molecule has 2 aliphatic rings. The molecule has 1 aromatic heterocycles. The number of aromatic nitrogens is 1. The number of hydrogen-bond donors (Lipinski definition) is 0. The minimum Gasteiger partial charge on any atom is -0.381 e. The normalized spacial score (nSPS) is 18.6. The molecule has 2 saturated heterocycles. The van der Waals surface area contributed by atoms with Crippen molar-refractivity contribution in [2.45, 2.75) is 44.6 Å². The molecule has 0 unspecified atom stereocenters. The van der Waals surface area contributed by atoms with Gasteiger partial charge >= 0.3 is 0 Å². The SMILES string of the molecule is O=C1CCCN1CCCN(C(=O)Cc1cccnc1)C1CCOCC1. The summed E-state index contributed by atoms with van der Waals surface area (Å²) in [6.45, 7) is 3.74. The van der Waals surface area contributed by atoms with E-state index in [2.05, 4.69) is 4.98 Å². The Morgan fingerprint density at radius 3 is 2.88 bits per heavy atom. The fourth-order valence-corrected chi connectivity index (χ4v) is 3.66. The number of carbonyl (C=O) groups is 2. The third-order valence-corrected chi connectivity index (χ3v) is 5.03. The van der Waals surface area contributed by atoms with Crippen LogP contribution < -0.4 is 0 Å². The van der Waals surface area contributed by atoms with Crippen LogP contribution in [0.15, 0.2) is 24.5 Å². The summed E-state index contributed by atoms with van der Waals surface area (Å²) in [6, 6.07) is 4.04. The van der Waals surface area contributed by atoms with Crippen molar-refractivity contribution in [2.75, 3.05) is 32.8 Å². The lowest BCUT2D eigenvalue weighted by Gasteiger charge is -2.35. The number of rotatable bonds is 7. The van der Waals surface area contributed by atoms with Gasteiger partial charge in [-0.15, -0.1) is 0 Å². The van der Waals surface area contributed by atoms with Crippen LogP contribution in [0.5, 0.6) is 0 Å². The van der Waals surface area contributed by atoms with Crippen LogP contribution in [0.4, 0.5) is 0 Å². The van der Waals surface area contributed by atoms with Gasteiger partial charge in [0.05, 0.1) is 6.42 Å². The third kappa shape index (κ3) is 5.01. The lowest BCUT2D eigenvalue weighted by Crippen LogP contribution is -2.45. The van der Waals surface area contributed by atoms with Crippen LogP contribution in [-0.2, 0) is 20.7 Å². The van der Waals surface area contributed by atoms with Crippen LogP contribution in [0.25, 0.3) is 0 Å². The Morgan fingerprint density at radius 2 is 2.20 bits per heavy atom. The van der Waals surface area contributed by atoms with Crippen molar-refractivity contribution in [3.8, 4) is 0 Å². The van der Waals surface area contributed by atoms with Crippen molar-refractivity contribution < 1.29 is 14.3 Å². The smallest absolute Gasteiger partial charge is 0.227 e. The standard InChI is InChI=1S/C19H27N3O3/c23-18-5-2-9-21(18)10-3-11-22(17-6-12-25-13-7-17)19(24)14-16-4-1-8-20-15-16/h1,4,8,15,17H,2-3,5-7,9-14H2. The summed E-state index contributed by atoms with van der Waals surface area (Å²) >= 11 is 0. The second-order valence-corrected chi connectivity index (χ2v) is 6.81. The number of likely N-dealkylation sites (tertiary alicyclic amines) is 1. The van der Waals surface area contributed by atoms with E-state index in [9.17, 15) is 9.59 Å².